The number of hydrogen-bond acceptors (Lipinski definition) is 6. The van der Waals surface area contributed by atoms with E-state index in [-0.39, 0.29) is 16.1 Å². The van der Waals surface area contributed by atoms with Crippen molar-refractivity contribution in [2.45, 2.75) is 38.5 Å². The molecule has 0 amide bonds. The monoisotopic (exact) mass is 394 g/mol. The number of nitriles is 1. The molecule has 4 aromatic rings. The van der Waals surface area contributed by atoms with E-state index in [1.165, 1.54) is 12.8 Å². The zero-order chi connectivity index (χ0) is 19.4. The number of aromatic nitrogens is 5. The van der Waals surface area contributed by atoms with Crippen LogP contribution in [0.1, 0.15) is 48.7 Å². The molecular formula is C19H15ClN6O2. The number of benzene rings is 1. The summed E-state index contributed by atoms with van der Waals surface area (Å²) in [6, 6.07) is 5.31. The van der Waals surface area contributed by atoms with Crippen LogP contribution < -0.4 is 4.73 Å². The molecule has 1 aliphatic carbocycles. The second-order valence-corrected chi connectivity index (χ2v) is 7.44. The van der Waals surface area contributed by atoms with Crippen molar-refractivity contribution in [3.8, 4) is 17.7 Å². The number of nitrogens with zero attached hydrogens (tertiary/aromatic N) is 6. The van der Waals surface area contributed by atoms with Gasteiger partial charge in [0.2, 0.25) is 5.69 Å². The van der Waals surface area contributed by atoms with Gasteiger partial charge >= 0.3 is 0 Å². The molecule has 0 aliphatic heterocycles. The summed E-state index contributed by atoms with van der Waals surface area (Å²) in [4.78, 5) is 8.98. The first-order valence-corrected chi connectivity index (χ1v) is 9.43. The van der Waals surface area contributed by atoms with Crippen LogP contribution in [-0.4, -0.2) is 19.5 Å². The summed E-state index contributed by atoms with van der Waals surface area (Å²) >= 11 is 6.11. The van der Waals surface area contributed by atoms with Crippen LogP contribution in [0.25, 0.3) is 28.1 Å². The van der Waals surface area contributed by atoms with Crippen molar-refractivity contribution in [3.05, 3.63) is 45.8 Å². The van der Waals surface area contributed by atoms with Crippen LogP contribution in [0.2, 0.25) is 5.02 Å². The Morgan fingerprint density at radius 3 is 2.89 bits per heavy atom. The SMILES string of the molecule is Cc1c2c(-c3nc(C4CCCC4)no3)ncn2c2ccc(Cl)c(C#N)c2[n+]1[O-]. The minimum absolute atomic E-state index is 0.135. The van der Waals surface area contributed by atoms with Gasteiger partial charge in [-0.3, -0.25) is 4.40 Å². The third-order valence-corrected chi connectivity index (χ3v) is 5.77. The Balaban J connectivity index is 1.76. The van der Waals surface area contributed by atoms with Crippen LogP contribution >= 0.6 is 11.6 Å². The Kier molecular flexibility index (Phi) is 3.74. The minimum atomic E-state index is 0.135. The van der Waals surface area contributed by atoms with E-state index < -0.39 is 0 Å². The highest BCUT2D eigenvalue weighted by Gasteiger charge is 2.28. The van der Waals surface area contributed by atoms with Crippen LogP contribution in [0.3, 0.4) is 0 Å². The van der Waals surface area contributed by atoms with Gasteiger partial charge in [0.1, 0.15) is 29.0 Å². The molecule has 3 heterocycles. The summed E-state index contributed by atoms with van der Waals surface area (Å²) in [5, 5.41) is 26.8. The number of rotatable bonds is 2. The summed E-state index contributed by atoms with van der Waals surface area (Å²) in [5.41, 5.74) is 2.27. The van der Waals surface area contributed by atoms with Gasteiger partial charge in [-0.2, -0.15) is 15.0 Å². The highest BCUT2D eigenvalue weighted by molar-refractivity contribution is 6.32. The molecule has 1 saturated carbocycles. The first-order valence-electron chi connectivity index (χ1n) is 9.05. The molecule has 1 aromatic carbocycles. The van der Waals surface area contributed by atoms with Gasteiger partial charge in [0.05, 0.1) is 5.02 Å². The molecule has 5 rings (SSSR count). The zero-order valence-corrected chi connectivity index (χ0v) is 15.8. The molecule has 9 heteroatoms. The van der Waals surface area contributed by atoms with Crippen molar-refractivity contribution in [1.29, 1.82) is 5.26 Å². The van der Waals surface area contributed by atoms with E-state index in [2.05, 4.69) is 15.1 Å². The maximum absolute atomic E-state index is 13.0. The van der Waals surface area contributed by atoms with Crippen molar-refractivity contribution in [2.75, 3.05) is 0 Å². The largest absolute Gasteiger partial charge is 0.618 e. The molecule has 1 fully saturated rings. The molecular weight excluding hydrogens is 380 g/mol. The fourth-order valence-electron chi connectivity index (χ4n) is 4.04. The van der Waals surface area contributed by atoms with Crippen molar-refractivity contribution < 1.29 is 9.25 Å². The lowest BCUT2D eigenvalue weighted by Gasteiger charge is -2.10. The average molecular weight is 395 g/mol. The smallest absolute Gasteiger partial charge is 0.279 e. The number of imidazole rings is 1. The van der Waals surface area contributed by atoms with Crippen molar-refractivity contribution in [3.63, 3.8) is 0 Å². The predicted octanol–water partition coefficient (Wildman–Crippen LogP) is 3.66. The Labute approximate surface area is 164 Å². The molecule has 8 nitrogen and oxygen atoms in total. The lowest BCUT2D eigenvalue weighted by atomic mass is 10.1. The fourth-order valence-corrected chi connectivity index (χ4v) is 4.23. The molecule has 0 atom stereocenters. The number of halogens is 1. The van der Waals surface area contributed by atoms with Gasteiger partial charge < -0.3 is 9.73 Å². The molecule has 0 radical (unpaired) electrons. The summed E-state index contributed by atoms with van der Waals surface area (Å²) in [6.45, 7) is 1.67. The van der Waals surface area contributed by atoms with Gasteiger partial charge in [0.15, 0.2) is 11.5 Å². The minimum Gasteiger partial charge on any atom is -0.618 e. The molecule has 0 spiro atoms. The lowest BCUT2D eigenvalue weighted by Crippen LogP contribution is -2.33. The second kappa shape index (κ2) is 6.17. The lowest BCUT2D eigenvalue weighted by molar-refractivity contribution is -0.583. The van der Waals surface area contributed by atoms with Crippen molar-refractivity contribution in [2.24, 2.45) is 0 Å². The van der Waals surface area contributed by atoms with E-state index in [1.807, 2.05) is 6.07 Å². The molecule has 0 saturated heterocycles. The molecule has 0 N–H and O–H groups in total. The van der Waals surface area contributed by atoms with E-state index >= 15 is 0 Å². The maximum Gasteiger partial charge on any atom is 0.279 e. The normalized spacial score (nSPS) is 14.9. The van der Waals surface area contributed by atoms with Gasteiger partial charge in [-0.15, -0.1) is 0 Å². The van der Waals surface area contributed by atoms with E-state index in [1.54, 1.807) is 29.8 Å². The molecule has 1 aliphatic rings. The van der Waals surface area contributed by atoms with E-state index in [0.29, 0.717) is 44.8 Å². The number of aryl methyl sites for hydroxylation is 1. The first kappa shape index (κ1) is 17.0. The Hall–Kier alpha value is -3.18. The first-order chi connectivity index (χ1) is 13.6. The van der Waals surface area contributed by atoms with Gasteiger partial charge in [0.25, 0.3) is 11.4 Å². The number of fused-ring (bicyclic) bond motifs is 3. The van der Waals surface area contributed by atoms with Gasteiger partial charge in [-0.05, 0) is 25.0 Å². The van der Waals surface area contributed by atoms with Crippen molar-refractivity contribution >= 4 is 28.2 Å². The summed E-state index contributed by atoms with van der Waals surface area (Å²) in [7, 11) is 0. The van der Waals surface area contributed by atoms with Gasteiger partial charge in [-0.1, -0.05) is 29.6 Å². The Bertz CT molecular complexity index is 1280. The molecule has 0 unspecified atom stereocenters. The molecule has 0 bridgehead atoms. The topological polar surface area (TPSA) is 107 Å². The van der Waals surface area contributed by atoms with Crippen LogP contribution in [0.15, 0.2) is 23.0 Å². The Morgan fingerprint density at radius 1 is 1.36 bits per heavy atom. The highest BCUT2D eigenvalue weighted by atomic mass is 35.5. The molecule has 140 valence electrons. The number of hydrogen-bond donors (Lipinski definition) is 0. The van der Waals surface area contributed by atoms with E-state index in [0.717, 1.165) is 12.8 Å². The molecule has 3 aromatic heterocycles. The fraction of sp³-hybridized carbons (Fsp3) is 0.316. The van der Waals surface area contributed by atoms with Crippen LogP contribution in [0.4, 0.5) is 0 Å². The third kappa shape index (κ3) is 2.29. The van der Waals surface area contributed by atoms with E-state index in [9.17, 15) is 10.5 Å². The van der Waals surface area contributed by atoms with E-state index in [4.69, 9.17) is 16.1 Å². The van der Waals surface area contributed by atoms with Gasteiger partial charge in [0, 0.05) is 12.8 Å². The summed E-state index contributed by atoms with van der Waals surface area (Å²) in [5.74, 6) is 1.31. The van der Waals surface area contributed by atoms with Crippen LogP contribution in [0, 0.1) is 23.5 Å². The Morgan fingerprint density at radius 2 is 2.14 bits per heavy atom. The predicted molar refractivity (Wildman–Crippen MR) is 101 cm³/mol. The van der Waals surface area contributed by atoms with Crippen molar-refractivity contribution in [1.82, 2.24) is 19.5 Å². The average Bonchev–Trinajstić information content (AvgIpc) is 3.45. The van der Waals surface area contributed by atoms with Crippen LogP contribution in [-0.2, 0) is 0 Å². The highest BCUT2D eigenvalue weighted by Crippen LogP contribution is 2.34. The summed E-state index contributed by atoms with van der Waals surface area (Å²) < 4.78 is 7.95. The van der Waals surface area contributed by atoms with Gasteiger partial charge in [-0.25, -0.2) is 4.98 Å². The second-order valence-electron chi connectivity index (χ2n) is 7.03. The third-order valence-electron chi connectivity index (χ3n) is 5.46. The van der Waals surface area contributed by atoms with Crippen LogP contribution in [0.5, 0.6) is 0 Å². The maximum atomic E-state index is 13.0. The molecule has 28 heavy (non-hydrogen) atoms. The quantitative estimate of drug-likeness (QED) is 0.379. The zero-order valence-electron chi connectivity index (χ0n) is 15.0. The standard InChI is InChI=1S/C19H15ClN6O2/c1-10-16-15(19-23-18(24-28-19)11-4-2-3-5-11)22-9-25(16)14-7-6-13(20)12(8-21)17(14)26(10)27/h6-7,9,11H,2-5H2,1H3. The summed E-state index contributed by atoms with van der Waals surface area (Å²) in [6.07, 6.45) is 6.06.